The van der Waals surface area contributed by atoms with Crippen LogP contribution in [0.15, 0.2) is 114 Å². The van der Waals surface area contributed by atoms with Gasteiger partial charge in [-0.25, -0.2) is 0 Å². The van der Waals surface area contributed by atoms with Crippen LogP contribution >= 0.6 is 0 Å². The summed E-state index contributed by atoms with van der Waals surface area (Å²) in [4.78, 5) is 4.07. The minimum atomic E-state index is -5.07. The fraction of sp³-hybridized carbons (Fsp3) is 0.400. The number of rotatable bonds is 3. The van der Waals surface area contributed by atoms with E-state index in [1.165, 1.54) is 0 Å². The third-order valence-electron chi connectivity index (χ3n) is 13.4. The molecule has 4 aromatic rings. The largest absolute Gasteiger partial charge is 0.416 e. The Morgan fingerprint density at radius 1 is 0.469 bits per heavy atom. The number of hydrogen-bond donors (Lipinski definition) is 0. The zero-order chi connectivity index (χ0) is 46.9. The van der Waals surface area contributed by atoms with E-state index in [-0.39, 0.29) is 62.3 Å². The van der Waals surface area contributed by atoms with Crippen molar-refractivity contribution in [3.05, 3.63) is 153 Å². The molecule has 0 saturated carbocycles. The van der Waals surface area contributed by atoms with E-state index in [1.54, 1.807) is 12.1 Å². The number of anilines is 4. The lowest BCUT2D eigenvalue weighted by Crippen LogP contribution is -2.32. The number of fused-ring (bicyclic) bond motifs is 6. The third-order valence-corrected chi connectivity index (χ3v) is 13.4. The van der Waals surface area contributed by atoms with Crippen molar-refractivity contribution in [3.8, 4) is 17.2 Å². The Labute approximate surface area is 374 Å². The molecule has 0 radical (unpaired) electrons. The summed E-state index contributed by atoms with van der Waals surface area (Å²) in [5.74, 6) is -0.336. The summed E-state index contributed by atoms with van der Waals surface area (Å²) < 4.78 is 88.2. The van der Waals surface area contributed by atoms with Crippen LogP contribution < -0.4 is 9.80 Å². The van der Waals surface area contributed by atoms with Crippen LogP contribution in [-0.2, 0) is 23.2 Å². The molecule has 9 heteroatoms. The number of alkyl halides is 6. The quantitative estimate of drug-likeness (QED) is 0.192. The molecule has 0 N–H and O–H groups in total. The summed E-state index contributed by atoms with van der Waals surface area (Å²) in [6.45, 7) is 25.7. The number of benzene rings is 4. The summed E-state index contributed by atoms with van der Waals surface area (Å²) >= 11 is 0. The van der Waals surface area contributed by atoms with Gasteiger partial charge in [0.15, 0.2) is 0 Å². The third kappa shape index (κ3) is 7.90. The van der Waals surface area contributed by atoms with Crippen molar-refractivity contribution >= 4 is 22.7 Å². The Morgan fingerprint density at radius 3 is 1.27 bits per heavy atom. The highest BCUT2D eigenvalue weighted by molar-refractivity contribution is 5.93. The molecule has 2 aliphatic heterocycles. The van der Waals surface area contributed by atoms with Gasteiger partial charge in [0.1, 0.15) is 6.07 Å². The molecule has 4 unspecified atom stereocenters. The van der Waals surface area contributed by atoms with Crippen LogP contribution in [0.25, 0.3) is 11.1 Å². The van der Waals surface area contributed by atoms with Gasteiger partial charge in [-0.15, -0.1) is 0 Å². The van der Waals surface area contributed by atoms with E-state index in [9.17, 15) is 31.6 Å². The molecule has 4 atom stereocenters. The van der Waals surface area contributed by atoms with Crippen LogP contribution in [0.1, 0.15) is 134 Å². The van der Waals surface area contributed by atoms with E-state index in [0.717, 1.165) is 56.9 Å². The van der Waals surface area contributed by atoms with Crippen molar-refractivity contribution in [2.24, 2.45) is 10.8 Å². The average Bonchev–Trinajstić information content (AvgIpc) is 3.69. The predicted molar refractivity (Wildman–Crippen MR) is 248 cm³/mol. The van der Waals surface area contributed by atoms with Gasteiger partial charge >= 0.3 is 12.4 Å². The maximum Gasteiger partial charge on any atom is 0.416 e. The minimum Gasteiger partial charge on any atom is -0.333 e. The van der Waals surface area contributed by atoms with Crippen molar-refractivity contribution in [2.75, 3.05) is 9.80 Å². The Balaban J connectivity index is 1.44. The van der Waals surface area contributed by atoms with Crippen molar-refractivity contribution in [1.29, 1.82) is 5.26 Å². The first-order chi connectivity index (χ1) is 29.5. The van der Waals surface area contributed by atoms with Crippen molar-refractivity contribution in [1.82, 2.24) is 0 Å². The highest BCUT2D eigenvalue weighted by atomic mass is 19.4. The highest BCUT2D eigenvalue weighted by Gasteiger charge is 2.45. The first-order valence-corrected chi connectivity index (χ1v) is 22.0. The number of hydrogen-bond acceptors (Lipinski definition) is 3. The second kappa shape index (κ2) is 14.8. The molecule has 4 aromatic carbocycles. The zero-order valence-electron chi connectivity index (χ0n) is 38.7. The summed E-state index contributed by atoms with van der Waals surface area (Å²) in [6.07, 6.45) is 2.72. The second-order valence-electron chi connectivity index (χ2n) is 22.1. The van der Waals surface area contributed by atoms with Crippen LogP contribution in [-0.4, -0.2) is 12.1 Å². The molecule has 8 rings (SSSR count). The van der Waals surface area contributed by atoms with Gasteiger partial charge < -0.3 is 9.80 Å². The van der Waals surface area contributed by atoms with Crippen LogP contribution in [0, 0.1) is 22.2 Å². The Hall–Kier alpha value is -5.49. The molecule has 0 fully saturated rings. The van der Waals surface area contributed by atoms with Gasteiger partial charge in [0.2, 0.25) is 0 Å². The van der Waals surface area contributed by atoms with Gasteiger partial charge in [-0.1, -0.05) is 144 Å². The normalized spacial score (nSPS) is 21.0. The zero-order valence-corrected chi connectivity index (χ0v) is 38.7. The average molecular weight is 874 g/mol. The van der Waals surface area contributed by atoms with Crippen LogP contribution in [0.4, 0.5) is 49.1 Å². The Kier molecular flexibility index (Phi) is 10.4. The monoisotopic (exact) mass is 873 g/mol. The van der Waals surface area contributed by atoms with E-state index in [0.29, 0.717) is 11.4 Å². The maximum absolute atomic E-state index is 14.7. The molecule has 4 aliphatic rings. The fourth-order valence-corrected chi connectivity index (χ4v) is 9.70. The molecule has 0 amide bonds. The van der Waals surface area contributed by atoms with Gasteiger partial charge in [-0.2, -0.15) is 31.6 Å². The Bertz CT molecular complexity index is 2690. The Morgan fingerprint density at radius 2 is 0.891 bits per heavy atom. The SMILES string of the molecule is CC(C)(C)C1=CC2c3cc(C(C)(C)C)ccc3N(c3cc(-c4cc(C(F)(F)F)cc(C(F)(F)F)c4)c(N4c5ccc(C(C)(C)C)cc5C5C=C(C(C)(C)C)C=CC54)cc3C#N)C2C=C1. The van der Waals surface area contributed by atoms with E-state index in [1.807, 2.05) is 23.1 Å². The molecule has 0 saturated heterocycles. The second-order valence-corrected chi connectivity index (χ2v) is 22.1. The standard InChI is InChI=1S/C55H57F6N3/c1-50(2,3)33-13-17-44-40(25-33)41-26-34(51(4,5)6)14-18-45(41)63(44)48-29-39(31-21-37(54(56,57)58)24-38(22-31)55(59,60)61)49(23-32(48)30-62)64-46-19-15-35(52(7,8)9)27-42(46)43-28-36(53(10,11)12)16-20-47(43)64/h13-29,40,42,44,46H,1-12H3. The minimum absolute atomic E-state index is 0.143. The van der Waals surface area contributed by atoms with Crippen molar-refractivity contribution in [3.63, 3.8) is 0 Å². The van der Waals surface area contributed by atoms with Gasteiger partial charge in [-0.3, -0.25) is 0 Å². The number of nitrogens with zero attached hydrogens (tertiary/aromatic N) is 3. The molecular weight excluding hydrogens is 817 g/mol. The maximum atomic E-state index is 14.7. The lowest BCUT2D eigenvalue weighted by molar-refractivity contribution is -0.143. The van der Waals surface area contributed by atoms with Crippen LogP contribution in [0.2, 0.25) is 0 Å². The molecule has 3 nitrogen and oxygen atoms in total. The van der Waals surface area contributed by atoms with E-state index >= 15 is 0 Å². The molecule has 0 bridgehead atoms. The van der Waals surface area contributed by atoms with Gasteiger partial charge in [0.25, 0.3) is 0 Å². The highest BCUT2D eigenvalue weighted by Crippen LogP contribution is 2.57. The summed E-state index contributed by atoms with van der Waals surface area (Å²) in [7, 11) is 0. The van der Waals surface area contributed by atoms with Crippen molar-refractivity contribution < 1.29 is 26.3 Å². The van der Waals surface area contributed by atoms with Gasteiger partial charge in [-0.05, 0) is 103 Å². The van der Waals surface area contributed by atoms with Crippen LogP contribution in [0.3, 0.4) is 0 Å². The molecule has 2 heterocycles. The topological polar surface area (TPSA) is 30.3 Å². The van der Waals surface area contributed by atoms with Gasteiger partial charge in [0.05, 0.1) is 40.1 Å². The van der Waals surface area contributed by atoms with Crippen molar-refractivity contribution in [2.45, 2.75) is 130 Å². The van der Waals surface area contributed by atoms with Gasteiger partial charge in [0, 0.05) is 28.8 Å². The smallest absolute Gasteiger partial charge is 0.333 e. The molecule has 0 aromatic heterocycles. The molecule has 2 aliphatic carbocycles. The lowest BCUT2D eigenvalue weighted by Gasteiger charge is -2.35. The van der Waals surface area contributed by atoms with E-state index in [4.69, 9.17) is 0 Å². The van der Waals surface area contributed by atoms with Crippen LogP contribution in [0.5, 0.6) is 0 Å². The summed E-state index contributed by atoms with van der Waals surface area (Å²) in [6, 6.07) is 19.4. The van der Waals surface area contributed by atoms with E-state index in [2.05, 4.69) is 149 Å². The number of nitriles is 1. The number of halogens is 6. The predicted octanol–water partition coefficient (Wildman–Crippen LogP) is 16.2. The molecule has 0 spiro atoms. The summed E-state index contributed by atoms with van der Waals surface area (Å²) in [5, 5.41) is 11.2. The first-order valence-electron chi connectivity index (χ1n) is 22.0. The number of allylic oxidation sites excluding steroid dienone is 4. The van der Waals surface area contributed by atoms with E-state index < -0.39 is 29.5 Å². The molecular formula is C55H57F6N3. The first kappa shape index (κ1) is 45.1. The molecule has 64 heavy (non-hydrogen) atoms. The summed E-state index contributed by atoms with van der Waals surface area (Å²) in [5.41, 5.74) is 5.42. The fourth-order valence-electron chi connectivity index (χ4n) is 9.70. The lowest BCUT2D eigenvalue weighted by atomic mass is 9.77. The molecule has 334 valence electrons.